The van der Waals surface area contributed by atoms with E-state index >= 15 is 0 Å². The van der Waals surface area contributed by atoms with Gasteiger partial charge in [-0.25, -0.2) is 0 Å². The molecule has 0 radical (unpaired) electrons. The summed E-state index contributed by atoms with van der Waals surface area (Å²) in [4.78, 5) is 26.1. The molecule has 0 bridgehead atoms. The van der Waals surface area contributed by atoms with Gasteiger partial charge in [-0.3, -0.25) is 14.5 Å². The number of hydrogen-bond acceptors (Lipinski definition) is 2. The van der Waals surface area contributed by atoms with Gasteiger partial charge in [-0.1, -0.05) is 39.2 Å². The van der Waals surface area contributed by atoms with Crippen molar-refractivity contribution in [2.75, 3.05) is 11.9 Å². The highest BCUT2D eigenvalue weighted by Gasteiger charge is 2.35. The van der Waals surface area contributed by atoms with Gasteiger partial charge in [0, 0.05) is 5.33 Å². The number of carbonyl (C=O) groups is 2. The summed E-state index contributed by atoms with van der Waals surface area (Å²) in [7, 11) is 0. The monoisotopic (exact) mass is 333 g/mol. The Balaban J connectivity index is 1.88. The summed E-state index contributed by atoms with van der Waals surface area (Å²) in [5.74, 6) is -0.310. The molecule has 0 fully saturated rings. The second-order valence-corrected chi connectivity index (χ2v) is 5.85. The van der Waals surface area contributed by atoms with Crippen LogP contribution in [0.4, 0.5) is 0 Å². The molecule has 0 spiro atoms. The summed E-state index contributed by atoms with van der Waals surface area (Å²) >= 11 is 3.51. The maximum absolute atomic E-state index is 12.3. The zero-order chi connectivity index (χ0) is 14.1. The third-order valence-corrected chi connectivity index (χ3v) is 4.77. The molecule has 0 aromatic heterocycles. The van der Waals surface area contributed by atoms with Gasteiger partial charge in [0.1, 0.15) is 0 Å². The fourth-order valence-corrected chi connectivity index (χ4v) is 3.63. The lowest BCUT2D eigenvalue weighted by atomic mass is 9.92. The molecule has 1 aromatic rings. The average molecular weight is 334 g/mol. The van der Waals surface area contributed by atoms with E-state index in [0.717, 1.165) is 24.6 Å². The number of imide groups is 1. The SMILES string of the molecule is O=C1c2ccccc2C(=O)N1CC1=C(CBr)CCCC1. The topological polar surface area (TPSA) is 37.4 Å². The van der Waals surface area contributed by atoms with Gasteiger partial charge in [-0.15, -0.1) is 0 Å². The molecule has 0 N–H and O–H groups in total. The molecule has 2 amide bonds. The molecule has 1 heterocycles. The summed E-state index contributed by atoms with van der Waals surface area (Å²) < 4.78 is 0. The van der Waals surface area contributed by atoms with Crippen LogP contribution in [-0.2, 0) is 0 Å². The number of hydrogen-bond donors (Lipinski definition) is 0. The first-order valence-corrected chi connectivity index (χ1v) is 8.05. The highest BCUT2D eigenvalue weighted by Crippen LogP contribution is 2.29. The Morgan fingerprint density at radius 1 is 0.950 bits per heavy atom. The van der Waals surface area contributed by atoms with Crippen molar-refractivity contribution in [2.24, 2.45) is 0 Å². The van der Waals surface area contributed by atoms with Gasteiger partial charge in [0.15, 0.2) is 0 Å². The van der Waals surface area contributed by atoms with E-state index in [0.29, 0.717) is 17.7 Å². The fraction of sp³-hybridized carbons (Fsp3) is 0.375. The highest BCUT2D eigenvalue weighted by molar-refractivity contribution is 9.09. The van der Waals surface area contributed by atoms with Gasteiger partial charge in [0.25, 0.3) is 11.8 Å². The van der Waals surface area contributed by atoms with Crippen LogP contribution in [0.5, 0.6) is 0 Å². The molecule has 20 heavy (non-hydrogen) atoms. The van der Waals surface area contributed by atoms with E-state index in [1.165, 1.54) is 22.5 Å². The van der Waals surface area contributed by atoms with Crippen LogP contribution in [0.15, 0.2) is 35.4 Å². The van der Waals surface area contributed by atoms with Crippen molar-refractivity contribution < 1.29 is 9.59 Å². The molecule has 0 unspecified atom stereocenters. The predicted octanol–water partition coefficient (Wildman–Crippen LogP) is 3.55. The Hall–Kier alpha value is -1.42. The smallest absolute Gasteiger partial charge is 0.261 e. The van der Waals surface area contributed by atoms with E-state index < -0.39 is 0 Å². The summed E-state index contributed by atoms with van der Waals surface area (Å²) in [5.41, 5.74) is 3.68. The van der Waals surface area contributed by atoms with Gasteiger partial charge in [-0.2, -0.15) is 0 Å². The molecule has 0 saturated heterocycles. The van der Waals surface area contributed by atoms with Gasteiger partial charge in [-0.05, 0) is 37.8 Å². The Morgan fingerprint density at radius 3 is 2.05 bits per heavy atom. The van der Waals surface area contributed by atoms with Crippen LogP contribution in [0.2, 0.25) is 0 Å². The Kier molecular flexibility index (Phi) is 3.74. The van der Waals surface area contributed by atoms with Crippen molar-refractivity contribution in [2.45, 2.75) is 25.7 Å². The van der Waals surface area contributed by atoms with Crippen LogP contribution in [0.1, 0.15) is 46.4 Å². The number of carbonyl (C=O) groups excluding carboxylic acids is 2. The standard InChI is InChI=1S/C16H16BrNO2/c17-9-11-5-1-2-6-12(11)10-18-15(19)13-7-3-4-8-14(13)16(18)20/h3-4,7-8H,1-2,5-6,9-10H2. The van der Waals surface area contributed by atoms with Crippen LogP contribution >= 0.6 is 15.9 Å². The summed E-state index contributed by atoms with van der Waals surface area (Å²) in [6.07, 6.45) is 4.42. The molecule has 0 saturated carbocycles. The van der Waals surface area contributed by atoms with Gasteiger partial charge in [0.2, 0.25) is 0 Å². The largest absolute Gasteiger partial charge is 0.270 e. The van der Waals surface area contributed by atoms with Crippen LogP contribution in [0.3, 0.4) is 0 Å². The third kappa shape index (κ3) is 2.22. The minimum Gasteiger partial charge on any atom is -0.270 e. The molecule has 4 heteroatoms. The van der Waals surface area contributed by atoms with Crippen LogP contribution < -0.4 is 0 Å². The molecule has 104 valence electrons. The molecule has 1 aromatic carbocycles. The Morgan fingerprint density at radius 2 is 1.50 bits per heavy atom. The maximum Gasteiger partial charge on any atom is 0.261 e. The molecule has 1 aliphatic carbocycles. The molecule has 3 nitrogen and oxygen atoms in total. The van der Waals surface area contributed by atoms with E-state index in [2.05, 4.69) is 15.9 Å². The predicted molar refractivity (Wildman–Crippen MR) is 81.1 cm³/mol. The zero-order valence-electron chi connectivity index (χ0n) is 11.2. The first kappa shape index (κ1) is 13.6. The summed E-state index contributed by atoms with van der Waals surface area (Å²) in [5, 5.41) is 0.839. The van der Waals surface area contributed by atoms with Crippen LogP contribution in [0, 0.1) is 0 Å². The molecular weight excluding hydrogens is 318 g/mol. The van der Waals surface area contributed by atoms with Crippen molar-refractivity contribution in [3.05, 3.63) is 46.5 Å². The number of fused-ring (bicyclic) bond motifs is 1. The Labute approximate surface area is 126 Å². The minimum atomic E-state index is -0.155. The van der Waals surface area contributed by atoms with Crippen LogP contribution in [0.25, 0.3) is 0 Å². The van der Waals surface area contributed by atoms with Crippen molar-refractivity contribution in [1.82, 2.24) is 4.90 Å². The van der Waals surface area contributed by atoms with E-state index in [9.17, 15) is 9.59 Å². The minimum absolute atomic E-state index is 0.155. The van der Waals surface area contributed by atoms with Crippen molar-refractivity contribution in [3.63, 3.8) is 0 Å². The van der Waals surface area contributed by atoms with Crippen molar-refractivity contribution in [3.8, 4) is 0 Å². The first-order valence-electron chi connectivity index (χ1n) is 6.93. The van der Waals surface area contributed by atoms with E-state index in [1.807, 2.05) is 0 Å². The lowest BCUT2D eigenvalue weighted by molar-refractivity contribution is 0.0666. The lowest BCUT2D eigenvalue weighted by Gasteiger charge is -2.23. The number of nitrogens with zero attached hydrogens (tertiary/aromatic N) is 1. The van der Waals surface area contributed by atoms with Gasteiger partial charge >= 0.3 is 0 Å². The maximum atomic E-state index is 12.3. The number of allylic oxidation sites excluding steroid dienone is 1. The van der Waals surface area contributed by atoms with Gasteiger partial charge in [0.05, 0.1) is 17.7 Å². The normalized spacial score (nSPS) is 18.8. The fourth-order valence-electron chi connectivity index (χ4n) is 2.96. The zero-order valence-corrected chi connectivity index (χ0v) is 12.8. The van der Waals surface area contributed by atoms with Crippen LogP contribution in [-0.4, -0.2) is 28.6 Å². The van der Waals surface area contributed by atoms with E-state index in [4.69, 9.17) is 0 Å². The number of amides is 2. The van der Waals surface area contributed by atoms with Crippen molar-refractivity contribution >= 4 is 27.7 Å². The number of rotatable bonds is 3. The lowest BCUT2D eigenvalue weighted by Crippen LogP contribution is -2.32. The average Bonchev–Trinajstić information content (AvgIpc) is 2.73. The second-order valence-electron chi connectivity index (χ2n) is 5.29. The summed E-state index contributed by atoms with van der Waals surface area (Å²) in [6.45, 7) is 0.452. The number of benzene rings is 1. The Bertz CT molecular complexity index is 571. The highest BCUT2D eigenvalue weighted by atomic mass is 79.9. The molecule has 3 rings (SSSR count). The second kappa shape index (κ2) is 5.52. The molecular formula is C16H16BrNO2. The van der Waals surface area contributed by atoms with E-state index in [1.54, 1.807) is 24.3 Å². The molecule has 2 aliphatic rings. The van der Waals surface area contributed by atoms with Gasteiger partial charge < -0.3 is 0 Å². The van der Waals surface area contributed by atoms with Crippen molar-refractivity contribution in [1.29, 1.82) is 0 Å². The summed E-state index contributed by atoms with van der Waals surface area (Å²) in [6, 6.07) is 7.07. The number of alkyl halides is 1. The molecule has 1 aliphatic heterocycles. The number of halogens is 1. The van der Waals surface area contributed by atoms with E-state index in [-0.39, 0.29) is 11.8 Å². The first-order chi connectivity index (χ1) is 9.72. The quantitative estimate of drug-likeness (QED) is 0.482. The molecule has 0 atom stereocenters. The third-order valence-electron chi connectivity index (χ3n) is 4.10.